The summed E-state index contributed by atoms with van der Waals surface area (Å²) in [4.78, 5) is 25.7. The fraction of sp³-hybridized carbons (Fsp3) is 0.167. The summed E-state index contributed by atoms with van der Waals surface area (Å²) in [6.07, 6.45) is 3.18. The number of halogens is 2. The Morgan fingerprint density at radius 1 is 0.914 bits per heavy atom. The van der Waals surface area contributed by atoms with E-state index in [0.717, 1.165) is 18.4 Å². The van der Waals surface area contributed by atoms with E-state index >= 15 is 0 Å². The van der Waals surface area contributed by atoms with Crippen LogP contribution in [0.15, 0.2) is 67.0 Å². The first-order chi connectivity index (χ1) is 16.7. The second kappa shape index (κ2) is 10.6. The molecule has 1 aromatic heterocycles. The first-order valence-corrected chi connectivity index (χ1v) is 12.3. The molecule has 3 aromatic carbocycles. The number of H-pyrrole nitrogens is 1. The average molecular weight is 500 g/mol. The van der Waals surface area contributed by atoms with E-state index in [4.69, 9.17) is 19.2 Å². The summed E-state index contributed by atoms with van der Waals surface area (Å²) < 4.78 is 38.5. The maximum Gasteiger partial charge on any atom is 0.466 e. The van der Waals surface area contributed by atoms with Crippen LogP contribution in [0, 0.1) is 11.6 Å². The van der Waals surface area contributed by atoms with Gasteiger partial charge in [0.15, 0.2) is 5.82 Å². The van der Waals surface area contributed by atoms with Gasteiger partial charge in [-0.15, -0.1) is 0 Å². The molecule has 182 valence electrons. The predicted molar refractivity (Wildman–Crippen MR) is 126 cm³/mol. The number of aromatic amines is 1. The van der Waals surface area contributed by atoms with Crippen LogP contribution in [0.2, 0.25) is 0 Å². The summed E-state index contributed by atoms with van der Waals surface area (Å²) in [5.74, 6) is -0.479. The van der Waals surface area contributed by atoms with E-state index in [1.54, 1.807) is 0 Å². The van der Waals surface area contributed by atoms with Crippen LogP contribution in [-0.2, 0) is 24.0 Å². The number of nitrogens with one attached hydrogen (secondary N) is 2. The molecule has 0 saturated heterocycles. The van der Waals surface area contributed by atoms with E-state index in [9.17, 15) is 8.78 Å². The van der Waals surface area contributed by atoms with Crippen LogP contribution in [0.1, 0.15) is 16.7 Å². The van der Waals surface area contributed by atoms with Gasteiger partial charge in [-0.25, -0.2) is 18.3 Å². The maximum absolute atomic E-state index is 14.8. The van der Waals surface area contributed by atoms with Crippen molar-refractivity contribution >= 4 is 7.82 Å². The number of nitrogens with zero attached hydrogens (tertiary/aromatic N) is 2. The van der Waals surface area contributed by atoms with Crippen LogP contribution in [0.3, 0.4) is 0 Å². The topological polar surface area (TPSA) is 131 Å². The quantitative estimate of drug-likeness (QED) is 0.264. The van der Waals surface area contributed by atoms with E-state index in [1.807, 2.05) is 36.4 Å². The molecule has 0 fully saturated rings. The van der Waals surface area contributed by atoms with E-state index in [2.05, 4.69) is 32.6 Å². The van der Waals surface area contributed by atoms with E-state index < -0.39 is 19.5 Å². The largest absolute Gasteiger partial charge is 0.466 e. The normalized spacial score (nSPS) is 13.3. The van der Waals surface area contributed by atoms with Crippen LogP contribution in [-0.4, -0.2) is 35.9 Å². The van der Waals surface area contributed by atoms with Crippen molar-refractivity contribution in [3.05, 3.63) is 95.3 Å². The number of benzene rings is 3. The first-order valence-electron chi connectivity index (χ1n) is 10.7. The molecule has 11 heteroatoms. The Morgan fingerprint density at radius 3 is 2.09 bits per heavy atom. The molecule has 0 bridgehead atoms. The number of aromatic nitrogens is 3. The lowest BCUT2D eigenvalue weighted by molar-refractivity contribution is 0.275. The van der Waals surface area contributed by atoms with Crippen LogP contribution in [0.25, 0.3) is 22.5 Å². The zero-order valence-corrected chi connectivity index (χ0v) is 19.3. The average Bonchev–Trinajstić information content (AvgIpc) is 3.47. The number of phosphoric acid groups is 1. The zero-order valence-electron chi connectivity index (χ0n) is 18.4. The highest BCUT2D eigenvalue weighted by Gasteiger charge is 2.21. The summed E-state index contributed by atoms with van der Waals surface area (Å²) in [6, 6.07) is 18.6. The molecule has 0 saturated carbocycles. The number of hydrogen-bond donors (Lipinski definition) is 5. The van der Waals surface area contributed by atoms with Gasteiger partial charge in [-0.1, -0.05) is 42.5 Å². The molecule has 0 amide bonds. The molecule has 4 aromatic rings. The van der Waals surface area contributed by atoms with Crippen molar-refractivity contribution in [1.82, 2.24) is 20.5 Å². The lowest BCUT2D eigenvalue weighted by Gasteiger charge is -2.14. The fourth-order valence-corrected chi connectivity index (χ4v) is 4.08. The van der Waals surface area contributed by atoms with Crippen LogP contribution >= 0.6 is 7.82 Å². The highest BCUT2D eigenvalue weighted by atomic mass is 31.2. The summed E-state index contributed by atoms with van der Waals surface area (Å²) >= 11 is 0. The monoisotopic (exact) mass is 500 g/mol. The van der Waals surface area contributed by atoms with Crippen molar-refractivity contribution < 1.29 is 28.0 Å². The Hall–Kier alpha value is -3.27. The molecule has 35 heavy (non-hydrogen) atoms. The van der Waals surface area contributed by atoms with Gasteiger partial charge in [-0.2, -0.15) is 5.10 Å². The lowest BCUT2D eigenvalue weighted by atomic mass is 10.0. The molecule has 1 heterocycles. The van der Waals surface area contributed by atoms with Crippen molar-refractivity contribution in [3.8, 4) is 22.5 Å². The van der Waals surface area contributed by atoms with Gasteiger partial charge >= 0.3 is 7.82 Å². The third kappa shape index (κ3) is 6.66. The fourth-order valence-electron chi connectivity index (χ4n) is 4.08. The molecular weight excluding hydrogens is 477 g/mol. The van der Waals surface area contributed by atoms with Gasteiger partial charge in [0.1, 0.15) is 18.0 Å². The second-order valence-electron chi connectivity index (χ2n) is 8.10. The third-order valence-electron chi connectivity index (χ3n) is 5.64. The van der Waals surface area contributed by atoms with E-state index in [-0.39, 0.29) is 18.2 Å². The van der Waals surface area contributed by atoms with Crippen molar-refractivity contribution in [1.29, 1.82) is 0 Å². The lowest BCUT2D eigenvalue weighted by Crippen LogP contribution is -2.29. The van der Waals surface area contributed by atoms with Gasteiger partial charge in [0.05, 0.1) is 0 Å². The summed E-state index contributed by atoms with van der Waals surface area (Å²) in [5.41, 5.74) is 4.69. The molecule has 1 aliphatic rings. The Kier molecular flexibility index (Phi) is 7.49. The molecule has 8 nitrogen and oxygen atoms in total. The van der Waals surface area contributed by atoms with Gasteiger partial charge in [0, 0.05) is 23.7 Å². The van der Waals surface area contributed by atoms with Gasteiger partial charge in [-0.3, -0.25) is 5.10 Å². The number of rotatable bonds is 5. The standard InChI is InChI=1S/C24H20F2N4.H3O4P/c25-22-11-19(15-6-3-7-18(8-15)24-28-14-29-30-24)12-23(26)21(22)13-27-20-9-16-4-1-2-5-17(16)10-20;1-5(2,3)4/h1-8,11-12,14,20,27H,9-10,13H2,(H,28,29,30);(H3,1,2,3,4). The van der Waals surface area contributed by atoms with E-state index in [1.165, 1.54) is 29.6 Å². The highest BCUT2D eigenvalue weighted by Crippen LogP contribution is 2.28. The molecule has 1 aliphatic carbocycles. The Balaban J connectivity index is 0.000000527. The van der Waals surface area contributed by atoms with Crippen LogP contribution in [0.4, 0.5) is 8.78 Å². The van der Waals surface area contributed by atoms with Gasteiger partial charge in [-0.05, 0) is 53.3 Å². The molecule has 0 radical (unpaired) electrons. The second-order valence-corrected chi connectivity index (χ2v) is 9.13. The molecular formula is C24H23F2N4O4P. The van der Waals surface area contributed by atoms with Crippen molar-refractivity contribution in [2.45, 2.75) is 25.4 Å². The van der Waals surface area contributed by atoms with Gasteiger partial charge in [0.25, 0.3) is 0 Å². The van der Waals surface area contributed by atoms with Gasteiger partial charge < -0.3 is 20.0 Å². The smallest absolute Gasteiger partial charge is 0.309 e. The first kappa shape index (κ1) is 24.8. The minimum atomic E-state index is -4.64. The van der Waals surface area contributed by atoms with Crippen molar-refractivity contribution in [2.75, 3.05) is 0 Å². The number of fused-ring (bicyclic) bond motifs is 1. The summed E-state index contributed by atoms with van der Waals surface area (Å²) in [5, 5.41) is 9.95. The molecule has 5 N–H and O–H groups in total. The van der Waals surface area contributed by atoms with Crippen molar-refractivity contribution in [3.63, 3.8) is 0 Å². The Bertz CT molecular complexity index is 1310. The minimum absolute atomic E-state index is 0.0705. The maximum atomic E-state index is 14.8. The highest BCUT2D eigenvalue weighted by molar-refractivity contribution is 7.45. The predicted octanol–water partition coefficient (Wildman–Crippen LogP) is 3.75. The molecule has 0 atom stereocenters. The van der Waals surface area contributed by atoms with Crippen LogP contribution in [0.5, 0.6) is 0 Å². The SMILES string of the molecule is Fc1cc(-c2cccc(-c3ncn[nH]3)c2)cc(F)c1CNC1Cc2ccccc2C1.O=P(O)(O)O. The molecule has 0 aliphatic heterocycles. The number of hydrogen-bond acceptors (Lipinski definition) is 4. The molecule has 0 unspecified atom stereocenters. The molecule has 0 spiro atoms. The van der Waals surface area contributed by atoms with Gasteiger partial charge in [0.2, 0.25) is 0 Å². The van der Waals surface area contributed by atoms with Crippen LogP contribution < -0.4 is 5.32 Å². The zero-order chi connectivity index (χ0) is 25.0. The molecule has 5 rings (SSSR count). The Morgan fingerprint density at radius 2 is 1.51 bits per heavy atom. The van der Waals surface area contributed by atoms with Crippen molar-refractivity contribution in [2.24, 2.45) is 0 Å². The summed E-state index contributed by atoms with van der Waals surface area (Å²) in [7, 11) is -4.64. The minimum Gasteiger partial charge on any atom is -0.309 e. The third-order valence-corrected chi connectivity index (χ3v) is 5.64. The Labute approximate surface area is 199 Å². The van der Waals surface area contributed by atoms with E-state index in [0.29, 0.717) is 17.0 Å². The summed E-state index contributed by atoms with van der Waals surface area (Å²) in [6.45, 7) is 0.161.